The first-order chi connectivity index (χ1) is 21.6. The van der Waals surface area contributed by atoms with Crippen molar-refractivity contribution in [2.24, 2.45) is 0 Å². The summed E-state index contributed by atoms with van der Waals surface area (Å²) < 4.78 is 5.90. The van der Waals surface area contributed by atoms with Crippen molar-refractivity contribution in [3.63, 3.8) is 0 Å². The van der Waals surface area contributed by atoms with Gasteiger partial charge < -0.3 is 4.74 Å². The highest BCUT2D eigenvalue weighted by molar-refractivity contribution is 6.83. The summed E-state index contributed by atoms with van der Waals surface area (Å²) in [5.74, 6) is 24.0. The molecule has 0 aliphatic carbocycles. The van der Waals surface area contributed by atoms with E-state index in [0.29, 0.717) is 0 Å². The SMILES string of the molecule is COc1c(C(C)(C)C)cc(C#Cc2ccc(C#Cc3ccc(C#Cc4ccc(C#C[Si](C)(C)C)cc4)cc3)cc2)cc1C(C)(C)C. The van der Waals surface area contributed by atoms with Crippen molar-refractivity contribution in [1.82, 2.24) is 0 Å². The second kappa shape index (κ2) is 14.1. The van der Waals surface area contributed by atoms with Crippen LogP contribution in [0.4, 0.5) is 0 Å². The van der Waals surface area contributed by atoms with Gasteiger partial charge in [-0.3, -0.25) is 0 Å². The third-order valence-corrected chi connectivity index (χ3v) is 8.07. The molecule has 230 valence electrons. The zero-order valence-corrected chi connectivity index (χ0v) is 30.0. The molecular weight excluding hydrogens is 573 g/mol. The molecule has 0 amide bonds. The topological polar surface area (TPSA) is 9.23 Å². The molecule has 0 aliphatic rings. The number of hydrogen-bond acceptors (Lipinski definition) is 1. The molecule has 0 heterocycles. The van der Waals surface area contributed by atoms with Gasteiger partial charge >= 0.3 is 0 Å². The molecule has 4 aromatic carbocycles. The molecular formula is C44H44OSi. The number of rotatable bonds is 1. The van der Waals surface area contributed by atoms with Crippen LogP contribution in [-0.2, 0) is 10.8 Å². The lowest BCUT2D eigenvalue weighted by Crippen LogP contribution is -2.19. The molecule has 0 atom stereocenters. The Bertz CT molecular complexity index is 1910. The normalized spacial score (nSPS) is 11.0. The zero-order chi connectivity index (χ0) is 33.5. The van der Waals surface area contributed by atoms with Crippen LogP contribution in [0.5, 0.6) is 5.75 Å². The first kappa shape index (κ1) is 34.0. The van der Waals surface area contributed by atoms with Crippen LogP contribution in [0.3, 0.4) is 0 Å². The van der Waals surface area contributed by atoms with E-state index in [1.165, 1.54) is 11.1 Å². The lowest BCUT2D eigenvalue weighted by Gasteiger charge is -2.29. The third-order valence-electron chi connectivity index (χ3n) is 7.20. The predicted octanol–water partition coefficient (Wildman–Crippen LogP) is 9.72. The van der Waals surface area contributed by atoms with E-state index in [1.807, 2.05) is 72.8 Å². The van der Waals surface area contributed by atoms with Crippen LogP contribution in [-0.4, -0.2) is 15.2 Å². The summed E-state index contributed by atoms with van der Waals surface area (Å²) >= 11 is 0. The Kier molecular flexibility index (Phi) is 10.4. The summed E-state index contributed by atoms with van der Waals surface area (Å²) in [5.41, 5.74) is 12.4. The van der Waals surface area contributed by atoms with Crippen LogP contribution in [0, 0.1) is 47.0 Å². The predicted molar refractivity (Wildman–Crippen MR) is 198 cm³/mol. The van der Waals surface area contributed by atoms with Gasteiger partial charge in [0.25, 0.3) is 0 Å². The molecule has 0 saturated carbocycles. The van der Waals surface area contributed by atoms with Crippen LogP contribution < -0.4 is 4.74 Å². The number of methoxy groups -OCH3 is 1. The summed E-state index contributed by atoms with van der Waals surface area (Å²) in [5, 5.41) is 0. The Morgan fingerprint density at radius 2 is 0.696 bits per heavy atom. The summed E-state index contributed by atoms with van der Waals surface area (Å²) in [4.78, 5) is 0. The molecule has 0 spiro atoms. The fourth-order valence-electron chi connectivity index (χ4n) is 4.64. The fourth-order valence-corrected chi connectivity index (χ4v) is 5.16. The Morgan fingerprint density at radius 1 is 0.435 bits per heavy atom. The molecule has 4 rings (SSSR count). The molecule has 0 radical (unpaired) electrons. The van der Waals surface area contributed by atoms with E-state index in [0.717, 1.165) is 44.7 Å². The summed E-state index contributed by atoms with van der Waals surface area (Å²) in [6, 6.07) is 28.6. The van der Waals surface area contributed by atoms with Gasteiger partial charge in [0.05, 0.1) is 7.11 Å². The molecule has 1 nitrogen and oxygen atoms in total. The van der Waals surface area contributed by atoms with Gasteiger partial charge in [-0.1, -0.05) is 103 Å². The highest BCUT2D eigenvalue weighted by Crippen LogP contribution is 2.40. The molecule has 0 unspecified atom stereocenters. The van der Waals surface area contributed by atoms with Gasteiger partial charge in [0.1, 0.15) is 13.8 Å². The maximum absolute atomic E-state index is 5.90. The second-order valence-corrected chi connectivity index (χ2v) is 19.3. The van der Waals surface area contributed by atoms with Crippen LogP contribution in [0.2, 0.25) is 19.6 Å². The summed E-state index contributed by atoms with van der Waals surface area (Å²) in [7, 11) is 0.377. The molecule has 0 aliphatic heterocycles. The average molecular weight is 617 g/mol. The fraction of sp³-hybridized carbons (Fsp3) is 0.273. The Balaban J connectivity index is 1.45. The molecule has 4 aromatic rings. The van der Waals surface area contributed by atoms with Crippen molar-refractivity contribution in [3.8, 4) is 52.7 Å². The van der Waals surface area contributed by atoms with Crippen molar-refractivity contribution in [1.29, 1.82) is 0 Å². The quantitative estimate of drug-likeness (QED) is 0.153. The lowest BCUT2D eigenvalue weighted by molar-refractivity contribution is 0.381. The largest absolute Gasteiger partial charge is 0.496 e. The van der Waals surface area contributed by atoms with E-state index in [2.05, 4.69) is 120 Å². The van der Waals surface area contributed by atoms with E-state index in [-0.39, 0.29) is 10.8 Å². The third kappa shape index (κ3) is 9.82. The van der Waals surface area contributed by atoms with Crippen LogP contribution in [0.25, 0.3) is 0 Å². The highest BCUT2D eigenvalue weighted by Gasteiger charge is 2.27. The summed E-state index contributed by atoms with van der Waals surface area (Å²) in [6.07, 6.45) is 0. The van der Waals surface area contributed by atoms with Gasteiger partial charge in [-0.15, -0.1) is 5.54 Å². The van der Waals surface area contributed by atoms with E-state index >= 15 is 0 Å². The van der Waals surface area contributed by atoms with E-state index < -0.39 is 8.07 Å². The monoisotopic (exact) mass is 616 g/mol. The number of benzene rings is 4. The maximum Gasteiger partial charge on any atom is 0.129 e. The molecule has 0 saturated heterocycles. The zero-order valence-electron chi connectivity index (χ0n) is 29.0. The van der Waals surface area contributed by atoms with E-state index in [4.69, 9.17) is 4.74 Å². The molecule has 0 fully saturated rings. The Morgan fingerprint density at radius 3 is 0.935 bits per heavy atom. The van der Waals surface area contributed by atoms with E-state index in [1.54, 1.807) is 7.11 Å². The minimum atomic E-state index is -1.38. The van der Waals surface area contributed by atoms with Gasteiger partial charge in [-0.25, -0.2) is 0 Å². The van der Waals surface area contributed by atoms with Crippen molar-refractivity contribution < 1.29 is 4.74 Å². The molecule has 2 heteroatoms. The first-order valence-electron chi connectivity index (χ1n) is 15.7. The number of ether oxygens (including phenoxy) is 1. The smallest absolute Gasteiger partial charge is 0.129 e. The Labute approximate surface area is 278 Å². The molecule has 0 N–H and O–H groups in total. The standard InChI is InChI=1S/C44H44OSi/c1-43(2,3)40-31-39(32-41(42(40)45-7)44(4,5)6)28-27-37-21-19-35(20-22-37)16-15-33-11-13-34(14-12-33)17-18-36-23-25-38(26-24-36)29-30-46(8,9)10/h11-14,19-26,31-32H,1-10H3. The van der Waals surface area contributed by atoms with Gasteiger partial charge in [0.15, 0.2) is 0 Å². The minimum absolute atomic E-state index is 0.0626. The van der Waals surface area contributed by atoms with Crippen molar-refractivity contribution >= 4 is 8.07 Å². The van der Waals surface area contributed by atoms with Crippen LogP contribution in [0.15, 0.2) is 84.9 Å². The van der Waals surface area contributed by atoms with Crippen molar-refractivity contribution in [2.45, 2.75) is 72.0 Å². The highest BCUT2D eigenvalue weighted by atomic mass is 28.3. The number of hydrogen-bond donors (Lipinski definition) is 0. The summed E-state index contributed by atoms with van der Waals surface area (Å²) in [6.45, 7) is 20.0. The van der Waals surface area contributed by atoms with Gasteiger partial charge in [-0.2, -0.15) is 0 Å². The Hall–Kier alpha value is -4.86. The molecule has 46 heavy (non-hydrogen) atoms. The van der Waals surface area contributed by atoms with E-state index in [9.17, 15) is 0 Å². The van der Waals surface area contributed by atoms with Gasteiger partial charge in [0.2, 0.25) is 0 Å². The minimum Gasteiger partial charge on any atom is -0.496 e. The molecule has 0 aromatic heterocycles. The first-order valence-corrected chi connectivity index (χ1v) is 19.2. The van der Waals surface area contributed by atoms with Crippen LogP contribution >= 0.6 is 0 Å². The van der Waals surface area contributed by atoms with Crippen LogP contribution in [0.1, 0.15) is 91.6 Å². The maximum atomic E-state index is 5.90. The lowest BCUT2D eigenvalue weighted by atomic mass is 9.78. The van der Waals surface area contributed by atoms with Gasteiger partial charge in [-0.05, 0) is 95.8 Å². The van der Waals surface area contributed by atoms with Gasteiger partial charge in [0, 0.05) is 50.1 Å². The second-order valence-electron chi connectivity index (χ2n) is 14.6. The van der Waals surface area contributed by atoms with Crippen molar-refractivity contribution in [2.75, 3.05) is 7.11 Å². The van der Waals surface area contributed by atoms with Crippen molar-refractivity contribution in [3.05, 3.63) is 135 Å². The average Bonchev–Trinajstić information content (AvgIpc) is 3.00. The molecule has 0 bridgehead atoms.